The van der Waals surface area contributed by atoms with E-state index in [0.29, 0.717) is 18.2 Å². The summed E-state index contributed by atoms with van der Waals surface area (Å²) in [5.74, 6) is -0.873. The lowest BCUT2D eigenvalue weighted by molar-refractivity contribution is -0.274. The molecule has 0 fully saturated rings. The van der Waals surface area contributed by atoms with Crippen LogP contribution in [0.2, 0.25) is 0 Å². The van der Waals surface area contributed by atoms with E-state index in [1.54, 1.807) is 0 Å². The Morgan fingerprint density at radius 1 is 1.19 bits per heavy atom. The van der Waals surface area contributed by atoms with Crippen LogP contribution >= 0.6 is 0 Å². The van der Waals surface area contributed by atoms with Gasteiger partial charge < -0.3 is 4.74 Å². The third-order valence-corrected chi connectivity index (χ3v) is 1.49. The van der Waals surface area contributed by atoms with Crippen LogP contribution in [0.25, 0.3) is 0 Å². The minimum atomic E-state index is -5.00. The van der Waals surface area contributed by atoms with Crippen LogP contribution in [0.1, 0.15) is 0 Å². The molecule has 0 atom stereocenters. The number of benzene rings is 1. The highest BCUT2D eigenvalue weighted by atomic mass is 19.4. The Kier molecular flexibility index (Phi) is 3.35. The van der Waals surface area contributed by atoms with Crippen LogP contribution in [-0.2, 0) is 0 Å². The topological polar surface area (TPSA) is 24.5 Å². The van der Waals surface area contributed by atoms with Crippen LogP contribution in [0.4, 0.5) is 38.0 Å². The van der Waals surface area contributed by atoms with Crippen LogP contribution < -0.4 is 15.6 Å². The zero-order chi connectivity index (χ0) is 12.3. The van der Waals surface area contributed by atoms with E-state index in [2.05, 4.69) is 4.74 Å². The van der Waals surface area contributed by atoms with Gasteiger partial charge in [0, 0.05) is 6.07 Å². The highest BCUT2D eigenvalue weighted by Gasteiger charge is 2.31. The summed E-state index contributed by atoms with van der Waals surface area (Å²) in [5.41, 5.74) is -0.852. The third kappa shape index (κ3) is 3.11. The summed E-state index contributed by atoms with van der Waals surface area (Å²) in [4.78, 5) is 0. The van der Waals surface area contributed by atoms with Gasteiger partial charge in [0.1, 0.15) is 11.4 Å². The van der Waals surface area contributed by atoms with Crippen LogP contribution in [0, 0.1) is 0 Å². The molecule has 9 heteroatoms. The fourth-order valence-electron chi connectivity index (χ4n) is 0.928. The number of hydrogen-bond donors (Lipinski definition) is 1. The van der Waals surface area contributed by atoms with E-state index >= 15 is 0 Å². The minimum absolute atomic E-state index is 0.343. The largest absolute Gasteiger partial charge is 0.573 e. The average molecular weight is 246 g/mol. The summed E-state index contributed by atoms with van der Waals surface area (Å²) in [6.45, 7) is 0. The third-order valence-electron chi connectivity index (χ3n) is 1.49. The lowest BCUT2D eigenvalue weighted by Gasteiger charge is -2.12. The Morgan fingerprint density at radius 3 is 2.25 bits per heavy atom. The SMILES string of the molecule is FNc1ccc(OC(F)(F)F)cc1N(F)F. The predicted octanol–water partition coefficient (Wildman–Crippen LogP) is 3.46. The molecule has 90 valence electrons. The van der Waals surface area contributed by atoms with Crippen molar-refractivity contribution >= 4 is 11.4 Å². The fourth-order valence-corrected chi connectivity index (χ4v) is 0.928. The first kappa shape index (κ1) is 12.3. The lowest BCUT2D eigenvalue weighted by atomic mass is 10.2. The maximum absolute atomic E-state index is 12.1. The molecule has 0 bridgehead atoms. The fraction of sp³-hybridized carbons (Fsp3) is 0.143. The molecule has 16 heavy (non-hydrogen) atoms. The van der Waals surface area contributed by atoms with Crippen molar-refractivity contribution in [3.05, 3.63) is 18.2 Å². The van der Waals surface area contributed by atoms with Crippen molar-refractivity contribution in [1.82, 2.24) is 0 Å². The predicted molar refractivity (Wildman–Crippen MR) is 42.6 cm³/mol. The van der Waals surface area contributed by atoms with Crippen molar-refractivity contribution in [2.75, 3.05) is 10.9 Å². The number of hydrogen-bond acceptors (Lipinski definition) is 3. The number of anilines is 2. The smallest absolute Gasteiger partial charge is 0.406 e. The van der Waals surface area contributed by atoms with Gasteiger partial charge in [0.2, 0.25) is 0 Å². The summed E-state index contributed by atoms with van der Waals surface area (Å²) in [5, 5.41) is -1.54. The van der Waals surface area contributed by atoms with Gasteiger partial charge in [0.25, 0.3) is 0 Å². The Morgan fingerprint density at radius 2 is 1.81 bits per heavy atom. The van der Waals surface area contributed by atoms with Gasteiger partial charge in [-0.3, -0.25) is 0 Å². The molecule has 0 heterocycles. The highest BCUT2D eigenvalue weighted by molar-refractivity contribution is 5.69. The molecule has 0 radical (unpaired) electrons. The van der Waals surface area contributed by atoms with Crippen molar-refractivity contribution in [3.63, 3.8) is 0 Å². The second kappa shape index (κ2) is 4.37. The molecule has 1 aromatic carbocycles. The Labute approximate surface area is 85.0 Å². The second-order valence-corrected chi connectivity index (χ2v) is 2.55. The summed E-state index contributed by atoms with van der Waals surface area (Å²) in [6.07, 6.45) is -5.00. The van der Waals surface area contributed by atoms with Crippen LogP contribution in [0.15, 0.2) is 18.2 Å². The lowest BCUT2D eigenvalue weighted by Crippen LogP contribution is -2.17. The van der Waals surface area contributed by atoms with Gasteiger partial charge in [-0.15, -0.1) is 17.7 Å². The normalized spacial score (nSPS) is 11.1. The maximum atomic E-state index is 12.1. The quantitative estimate of drug-likeness (QED) is 0.652. The molecule has 0 amide bonds. The van der Waals surface area contributed by atoms with E-state index in [-0.39, 0.29) is 0 Å². The number of ether oxygens (including phenoxy) is 1. The van der Waals surface area contributed by atoms with Crippen molar-refractivity contribution in [2.45, 2.75) is 6.36 Å². The van der Waals surface area contributed by atoms with E-state index in [1.165, 1.54) is 0 Å². The summed E-state index contributed by atoms with van der Waals surface area (Å²) in [6, 6.07) is 1.72. The van der Waals surface area contributed by atoms with E-state index in [0.717, 1.165) is 5.54 Å². The molecule has 0 aromatic heterocycles. The van der Waals surface area contributed by atoms with Crippen molar-refractivity contribution in [1.29, 1.82) is 0 Å². The molecular formula is C7H4F6N2O. The van der Waals surface area contributed by atoms with Crippen LogP contribution in [0.5, 0.6) is 5.75 Å². The molecule has 0 aliphatic rings. The maximum Gasteiger partial charge on any atom is 0.573 e. The molecule has 0 saturated heterocycles. The van der Waals surface area contributed by atoms with Gasteiger partial charge in [-0.2, -0.15) is 0 Å². The highest BCUT2D eigenvalue weighted by Crippen LogP contribution is 2.33. The average Bonchev–Trinajstić information content (AvgIpc) is 2.15. The zero-order valence-electron chi connectivity index (χ0n) is 7.36. The van der Waals surface area contributed by atoms with Gasteiger partial charge >= 0.3 is 6.36 Å². The van der Waals surface area contributed by atoms with Gasteiger partial charge in [-0.25, -0.2) is 5.54 Å². The van der Waals surface area contributed by atoms with Crippen LogP contribution in [-0.4, -0.2) is 6.36 Å². The molecule has 0 saturated carbocycles. The first-order valence-corrected chi connectivity index (χ1v) is 3.71. The monoisotopic (exact) mass is 246 g/mol. The van der Waals surface area contributed by atoms with Gasteiger partial charge in [-0.1, -0.05) is 8.96 Å². The first-order valence-electron chi connectivity index (χ1n) is 3.71. The molecule has 0 aliphatic carbocycles. The first-order chi connectivity index (χ1) is 7.33. The van der Waals surface area contributed by atoms with E-state index in [9.17, 15) is 26.6 Å². The Bertz CT molecular complexity index is 366. The van der Waals surface area contributed by atoms with Crippen molar-refractivity contribution in [2.24, 2.45) is 0 Å². The van der Waals surface area contributed by atoms with Gasteiger partial charge in [0.15, 0.2) is 0 Å². The molecule has 1 N–H and O–H groups in total. The Balaban J connectivity index is 3.02. The molecule has 0 spiro atoms. The summed E-state index contributed by atoms with van der Waals surface area (Å²) < 4.78 is 74.8. The molecule has 0 aliphatic heterocycles. The molecular weight excluding hydrogens is 242 g/mol. The molecule has 1 rings (SSSR count). The molecule has 1 aromatic rings. The molecule has 3 nitrogen and oxygen atoms in total. The Hall–Kier alpha value is -1.80. The van der Waals surface area contributed by atoms with Crippen molar-refractivity contribution in [3.8, 4) is 5.75 Å². The minimum Gasteiger partial charge on any atom is -0.406 e. The van der Waals surface area contributed by atoms with E-state index in [1.807, 2.05) is 0 Å². The van der Waals surface area contributed by atoms with Gasteiger partial charge in [0.05, 0.1) is 5.69 Å². The van der Waals surface area contributed by atoms with Gasteiger partial charge in [-0.05, 0) is 17.5 Å². The van der Waals surface area contributed by atoms with E-state index < -0.39 is 28.8 Å². The standard InChI is InChI=1S/C7H4F6N2O/c8-7(9,10)16-4-1-2-5(14-11)6(3-4)15(12)13/h1-3,14H. The number of halogens is 6. The van der Waals surface area contributed by atoms with E-state index in [4.69, 9.17) is 0 Å². The van der Waals surface area contributed by atoms with Crippen molar-refractivity contribution < 1.29 is 31.4 Å². The second-order valence-electron chi connectivity index (χ2n) is 2.55. The zero-order valence-corrected chi connectivity index (χ0v) is 7.36. The number of nitrogens with zero attached hydrogens (tertiary/aromatic N) is 1. The summed E-state index contributed by atoms with van der Waals surface area (Å²) >= 11 is 0. The molecule has 0 unspecified atom stereocenters. The number of rotatable bonds is 3. The van der Waals surface area contributed by atoms with Crippen LogP contribution in [0.3, 0.4) is 0 Å². The number of alkyl halides is 3. The summed E-state index contributed by atoms with van der Waals surface area (Å²) in [7, 11) is 0. The number of nitrogens with one attached hydrogen (secondary N) is 1.